The highest BCUT2D eigenvalue weighted by atomic mass is 16.5. The van der Waals surface area contributed by atoms with Crippen LogP contribution in [0.1, 0.15) is 20.8 Å². The molecule has 0 spiro atoms. The third-order valence-corrected chi connectivity index (χ3v) is 2.78. The number of aromatic nitrogens is 2. The molecular weight excluding hydrogens is 300 g/mol. The van der Waals surface area contributed by atoms with E-state index in [0.717, 1.165) is 0 Å². The predicted octanol–water partition coefficient (Wildman–Crippen LogP) is 2.20. The number of benzene rings is 1. The summed E-state index contributed by atoms with van der Waals surface area (Å²) in [5, 5.41) is 12.6. The first kappa shape index (κ1) is 16.5. The number of hydrogen-bond acceptors (Lipinski definition) is 6. The average Bonchev–Trinajstić information content (AvgIpc) is 3.00. The molecule has 0 aliphatic rings. The number of ether oxygens (including phenoxy) is 1. The molecule has 2 rings (SSSR count). The molecule has 23 heavy (non-hydrogen) atoms. The molecule has 0 saturated heterocycles. The molecule has 0 radical (unpaired) electrons. The first-order valence-corrected chi connectivity index (χ1v) is 7.10. The Morgan fingerprint density at radius 2 is 2.04 bits per heavy atom. The molecule has 0 saturated carbocycles. The van der Waals surface area contributed by atoms with Gasteiger partial charge in [-0.15, -0.1) is 10.2 Å². The Hall–Kier alpha value is -2.90. The van der Waals surface area contributed by atoms with E-state index < -0.39 is 18.0 Å². The Bertz CT molecular complexity index is 670. The van der Waals surface area contributed by atoms with Gasteiger partial charge < -0.3 is 19.8 Å². The molecular formula is C15H18N4O4. The van der Waals surface area contributed by atoms with Gasteiger partial charge in [0, 0.05) is 11.3 Å². The standard InChI is InChI=1S/C15H18N4O4/c1-9(2)23-14(20)10(3)17-15(21)18-12-6-4-5-11(7-12)13-19-16-8-22-13/h4-10H,1-3H3,(H2,17,18,21)/t10-/m1/s1. The summed E-state index contributed by atoms with van der Waals surface area (Å²) in [5.41, 5.74) is 1.20. The van der Waals surface area contributed by atoms with E-state index >= 15 is 0 Å². The van der Waals surface area contributed by atoms with Crippen molar-refractivity contribution in [1.29, 1.82) is 0 Å². The van der Waals surface area contributed by atoms with Gasteiger partial charge in [-0.3, -0.25) is 0 Å². The van der Waals surface area contributed by atoms with Crippen LogP contribution in [-0.2, 0) is 9.53 Å². The maximum Gasteiger partial charge on any atom is 0.328 e. The normalized spacial score (nSPS) is 11.8. The molecule has 2 aromatic rings. The van der Waals surface area contributed by atoms with Crippen molar-refractivity contribution < 1.29 is 18.7 Å². The fourth-order valence-corrected chi connectivity index (χ4v) is 1.79. The predicted molar refractivity (Wildman–Crippen MR) is 82.6 cm³/mol. The van der Waals surface area contributed by atoms with Crippen LogP contribution in [0.5, 0.6) is 0 Å². The van der Waals surface area contributed by atoms with Gasteiger partial charge in [-0.25, -0.2) is 9.59 Å². The van der Waals surface area contributed by atoms with Crippen LogP contribution in [0.25, 0.3) is 11.5 Å². The first-order chi connectivity index (χ1) is 11.0. The molecule has 0 aliphatic carbocycles. The van der Waals surface area contributed by atoms with Crippen LogP contribution in [0.3, 0.4) is 0 Å². The van der Waals surface area contributed by atoms with Crippen LogP contribution >= 0.6 is 0 Å². The first-order valence-electron chi connectivity index (χ1n) is 7.10. The quantitative estimate of drug-likeness (QED) is 0.819. The largest absolute Gasteiger partial charge is 0.461 e. The van der Waals surface area contributed by atoms with Crippen molar-refractivity contribution >= 4 is 17.7 Å². The Morgan fingerprint density at radius 1 is 1.26 bits per heavy atom. The monoisotopic (exact) mass is 318 g/mol. The Morgan fingerprint density at radius 3 is 2.70 bits per heavy atom. The molecule has 0 unspecified atom stereocenters. The molecule has 2 N–H and O–H groups in total. The second-order valence-electron chi connectivity index (χ2n) is 5.13. The summed E-state index contributed by atoms with van der Waals surface area (Å²) in [7, 11) is 0. The average molecular weight is 318 g/mol. The fourth-order valence-electron chi connectivity index (χ4n) is 1.79. The summed E-state index contributed by atoms with van der Waals surface area (Å²) < 4.78 is 10.1. The minimum atomic E-state index is -0.753. The van der Waals surface area contributed by atoms with Gasteiger partial charge in [0.05, 0.1) is 6.10 Å². The molecule has 1 atom stereocenters. The van der Waals surface area contributed by atoms with Crippen LogP contribution in [0.2, 0.25) is 0 Å². The topological polar surface area (TPSA) is 106 Å². The molecule has 8 nitrogen and oxygen atoms in total. The highest BCUT2D eigenvalue weighted by molar-refractivity contribution is 5.92. The van der Waals surface area contributed by atoms with Gasteiger partial charge in [-0.05, 0) is 39.0 Å². The zero-order valence-electron chi connectivity index (χ0n) is 13.1. The zero-order chi connectivity index (χ0) is 16.8. The fraction of sp³-hybridized carbons (Fsp3) is 0.333. The van der Waals surface area contributed by atoms with Gasteiger partial charge in [-0.2, -0.15) is 0 Å². The van der Waals surface area contributed by atoms with Crippen molar-refractivity contribution in [2.75, 3.05) is 5.32 Å². The molecule has 0 aliphatic heterocycles. The summed E-state index contributed by atoms with van der Waals surface area (Å²) in [4.78, 5) is 23.6. The molecule has 0 bridgehead atoms. The van der Waals surface area contributed by atoms with Gasteiger partial charge in [0.2, 0.25) is 12.3 Å². The SMILES string of the molecule is CC(C)OC(=O)[C@@H](C)NC(=O)Nc1cccc(-c2nnco2)c1. The van der Waals surface area contributed by atoms with Crippen molar-refractivity contribution in [3.63, 3.8) is 0 Å². The maximum absolute atomic E-state index is 11.9. The lowest BCUT2D eigenvalue weighted by atomic mass is 10.2. The van der Waals surface area contributed by atoms with Crippen LogP contribution in [0.4, 0.5) is 10.5 Å². The number of rotatable bonds is 5. The summed E-state index contributed by atoms with van der Waals surface area (Å²) in [6.07, 6.45) is 0.991. The number of anilines is 1. The third kappa shape index (κ3) is 4.80. The van der Waals surface area contributed by atoms with E-state index in [1.54, 1.807) is 45.0 Å². The molecule has 1 aromatic heterocycles. The molecule has 122 valence electrons. The van der Waals surface area contributed by atoms with Gasteiger partial charge in [-0.1, -0.05) is 6.07 Å². The number of nitrogens with one attached hydrogen (secondary N) is 2. The highest BCUT2D eigenvalue weighted by Gasteiger charge is 2.18. The van der Waals surface area contributed by atoms with E-state index in [0.29, 0.717) is 17.1 Å². The minimum absolute atomic E-state index is 0.235. The van der Waals surface area contributed by atoms with E-state index in [-0.39, 0.29) is 6.10 Å². The van der Waals surface area contributed by atoms with Crippen LogP contribution in [0, 0.1) is 0 Å². The van der Waals surface area contributed by atoms with Gasteiger partial charge in [0.15, 0.2) is 0 Å². The highest BCUT2D eigenvalue weighted by Crippen LogP contribution is 2.20. The second-order valence-corrected chi connectivity index (χ2v) is 5.13. The van der Waals surface area contributed by atoms with Crippen molar-refractivity contribution in [2.24, 2.45) is 0 Å². The molecule has 8 heteroatoms. The number of carbonyl (C=O) groups excluding carboxylic acids is 2. The summed E-state index contributed by atoms with van der Waals surface area (Å²) >= 11 is 0. The number of esters is 1. The van der Waals surface area contributed by atoms with Crippen molar-refractivity contribution in [3.8, 4) is 11.5 Å². The molecule has 1 heterocycles. The molecule has 1 aromatic carbocycles. The Labute approximate surface area is 133 Å². The Kier molecular flexibility index (Phi) is 5.29. The van der Waals surface area contributed by atoms with Gasteiger partial charge in [0.25, 0.3) is 0 Å². The zero-order valence-corrected chi connectivity index (χ0v) is 13.1. The van der Waals surface area contributed by atoms with E-state index in [9.17, 15) is 9.59 Å². The van der Waals surface area contributed by atoms with Gasteiger partial charge >= 0.3 is 12.0 Å². The summed E-state index contributed by atoms with van der Waals surface area (Å²) in [5.74, 6) is -0.141. The minimum Gasteiger partial charge on any atom is -0.461 e. The van der Waals surface area contributed by atoms with E-state index in [1.165, 1.54) is 6.39 Å². The maximum atomic E-state index is 11.9. The van der Waals surface area contributed by atoms with Gasteiger partial charge in [0.1, 0.15) is 6.04 Å². The van der Waals surface area contributed by atoms with Crippen LogP contribution in [-0.4, -0.2) is 34.3 Å². The van der Waals surface area contributed by atoms with Crippen molar-refractivity contribution in [2.45, 2.75) is 32.9 Å². The smallest absolute Gasteiger partial charge is 0.328 e. The number of nitrogens with zero attached hydrogens (tertiary/aromatic N) is 2. The third-order valence-electron chi connectivity index (χ3n) is 2.78. The Balaban J connectivity index is 1.95. The summed E-state index contributed by atoms with van der Waals surface area (Å²) in [6, 6.07) is 5.64. The van der Waals surface area contributed by atoms with E-state index in [4.69, 9.17) is 9.15 Å². The number of hydrogen-bond donors (Lipinski definition) is 2. The lowest BCUT2D eigenvalue weighted by Crippen LogP contribution is -2.42. The van der Waals surface area contributed by atoms with Crippen LogP contribution < -0.4 is 10.6 Å². The number of carbonyl (C=O) groups is 2. The van der Waals surface area contributed by atoms with E-state index in [2.05, 4.69) is 20.8 Å². The summed E-state index contributed by atoms with van der Waals surface area (Å²) in [6.45, 7) is 5.04. The van der Waals surface area contributed by atoms with Crippen molar-refractivity contribution in [3.05, 3.63) is 30.7 Å². The second kappa shape index (κ2) is 7.39. The number of amides is 2. The lowest BCUT2D eigenvalue weighted by Gasteiger charge is -2.15. The van der Waals surface area contributed by atoms with E-state index in [1.807, 2.05) is 0 Å². The number of urea groups is 1. The lowest BCUT2D eigenvalue weighted by molar-refractivity contribution is -0.149. The van der Waals surface area contributed by atoms with Crippen molar-refractivity contribution in [1.82, 2.24) is 15.5 Å². The molecule has 2 amide bonds. The molecule has 0 fully saturated rings. The van der Waals surface area contributed by atoms with Crippen LogP contribution in [0.15, 0.2) is 35.1 Å².